The molecule has 31 heavy (non-hydrogen) atoms. The molecule has 6 nitrogen and oxygen atoms in total. The molecule has 0 unspecified atom stereocenters. The van der Waals surface area contributed by atoms with Gasteiger partial charge in [0.2, 0.25) is 5.91 Å². The largest absolute Gasteiger partial charge is 0.324 e. The highest BCUT2D eigenvalue weighted by Gasteiger charge is 2.36. The second kappa shape index (κ2) is 8.65. The van der Waals surface area contributed by atoms with Crippen LogP contribution in [0.3, 0.4) is 0 Å². The van der Waals surface area contributed by atoms with Crippen LogP contribution in [-0.2, 0) is 9.59 Å². The Morgan fingerprint density at radius 3 is 2.58 bits per heavy atom. The van der Waals surface area contributed by atoms with Crippen molar-refractivity contribution in [2.24, 2.45) is 0 Å². The standard InChI is InChI=1S/C24H21N3O3S/c1-16-8-9-20(17(2)12-16)25-22(28)15-27-23(29)21(31-24(27)30)13-18-10-11-26(14-18)19-6-4-3-5-7-19/h3-14H,15H2,1-2H3,(H,25,28)/b21-13+. The number of benzene rings is 2. The molecule has 0 spiro atoms. The first-order valence-corrected chi connectivity index (χ1v) is 10.6. The Hall–Kier alpha value is -3.58. The number of hydrogen-bond acceptors (Lipinski definition) is 4. The van der Waals surface area contributed by atoms with Crippen molar-refractivity contribution in [1.82, 2.24) is 9.47 Å². The molecule has 4 rings (SSSR count). The lowest BCUT2D eigenvalue weighted by molar-refractivity contribution is -0.127. The Balaban J connectivity index is 1.45. The molecular formula is C24H21N3O3S. The van der Waals surface area contributed by atoms with Crippen LogP contribution in [0.1, 0.15) is 16.7 Å². The summed E-state index contributed by atoms with van der Waals surface area (Å²) < 4.78 is 1.94. The number of aryl methyl sites for hydroxylation is 2. The lowest BCUT2D eigenvalue weighted by Crippen LogP contribution is -2.36. The van der Waals surface area contributed by atoms with Crippen LogP contribution in [0.5, 0.6) is 0 Å². The average molecular weight is 432 g/mol. The summed E-state index contributed by atoms with van der Waals surface area (Å²) >= 11 is 0.844. The number of para-hydroxylation sites is 1. The fraction of sp³-hybridized carbons (Fsp3) is 0.125. The molecule has 3 aromatic rings. The summed E-state index contributed by atoms with van der Waals surface area (Å²) in [7, 11) is 0. The van der Waals surface area contributed by atoms with Crippen LogP contribution < -0.4 is 5.32 Å². The minimum absolute atomic E-state index is 0.301. The number of thioether (sulfide) groups is 1. The summed E-state index contributed by atoms with van der Waals surface area (Å²) in [4.78, 5) is 38.8. The monoisotopic (exact) mass is 431 g/mol. The van der Waals surface area contributed by atoms with Gasteiger partial charge in [-0.1, -0.05) is 35.9 Å². The second-order valence-corrected chi connectivity index (χ2v) is 8.32. The minimum atomic E-state index is -0.460. The number of nitrogens with zero attached hydrogens (tertiary/aromatic N) is 2. The molecule has 2 aromatic carbocycles. The van der Waals surface area contributed by atoms with Gasteiger partial charge in [0.05, 0.1) is 4.91 Å². The number of amides is 3. The number of imide groups is 1. The van der Waals surface area contributed by atoms with Crippen LogP contribution in [0.25, 0.3) is 11.8 Å². The van der Waals surface area contributed by atoms with Gasteiger partial charge in [-0.3, -0.25) is 19.3 Å². The van der Waals surface area contributed by atoms with E-state index in [2.05, 4.69) is 5.32 Å². The molecule has 1 aliphatic rings. The highest BCUT2D eigenvalue weighted by molar-refractivity contribution is 8.18. The van der Waals surface area contributed by atoms with Crippen molar-refractivity contribution in [2.75, 3.05) is 11.9 Å². The topological polar surface area (TPSA) is 71.4 Å². The van der Waals surface area contributed by atoms with Gasteiger partial charge in [-0.2, -0.15) is 0 Å². The molecule has 1 saturated heterocycles. The predicted octanol–water partition coefficient (Wildman–Crippen LogP) is 4.77. The fourth-order valence-electron chi connectivity index (χ4n) is 3.33. The van der Waals surface area contributed by atoms with E-state index in [-0.39, 0.29) is 6.54 Å². The lowest BCUT2D eigenvalue weighted by atomic mass is 10.1. The smallest absolute Gasteiger partial charge is 0.294 e. The average Bonchev–Trinajstić information content (AvgIpc) is 3.31. The second-order valence-electron chi connectivity index (χ2n) is 7.32. The molecule has 1 aromatic heterocycles. The van der Waals surface area contributed by atoms with Gasteiger partial charge < -0.3 is 9.88 Å². The summed E-state index contributed by atoms with van der Waals surface area (Å²) in [6, 6.07) is 17.3. The Labute approximate surface area is 184 Å². The number of carbonyl (C=O) groups excluding carboxylic acids is 3. The molecule has 0 aliphatic carbocycles. The summed E-state index contributed by atoms with van der Waals surface area (Å²) in [5.74, 6) is -0.871. The van der Waals surface area contributed by atoms with Gasteiger partial charge in [0, 0.05) is 23.8 Å². The quantitative estimate of drug-likeness (QED) is 0.591. The first-order chi connectivity index (χ1) is 14.9. The molecule has 0 radical (unpaired) electrons. The van der Waals surface area contributed by atoms with E-state index in [0.717, 1.165) is 39.0 Å². The SMILES string of the molecule is Cc1ccc(NC(=O)CN2C(=O)S/C(=C/c3ccn(-c4ccccc4)c3)C2=O)c(C)c1. The van der Waals surface area contributed by atoms with E-state index in [1.54, 1.807) is 6.08 Å². The van der Waals surface area contributed by atoms with Gasteiger partial charge in [0.15, 0.2) is 0 Å². The van der Waals surface area contributed by atoms with Gasteiger partial charge >= 0.3 is 0 Å². The molecule has 2 heterocycles. The molecule has 156 valence electrons. The van der Waals surface area contributed by atoms with Crippen molar-refractivity contribution >= 4 is 40.6 Å². The van der Waals surface area contributed by atoms with Gasteiger partial charge in [0.25, 0.3) is 11.1 Å². The van der Waals surface area contributed by atoms with E-state index in [1.165, 1.54) is 0 Å². The number of rotatable bonds is 5. The van der Waals surface area contributed by atoms with E-state index in [4.69, 9.17) is 0 Å². The third-order valence-electron chi connectivity index (χ3n) is 4.90. The van der Waals surface area contributed by atoms with Crippen LogP contribution in [-0.4, -0.2) is 33.1 Å². The molecule has 0 atom stereocenters. The zero-order valence-electron chi connectivity index (χ0n) is 17.2. The minimum Gasteiger partial charge on any atom is -0.324 e. The third kappa shape index (κ3) is 4.62. The summed E-state index contributed by atoms with van der Waals surface area (Å²) in [5.41, 5.74) is 4.48. The maximum absolute atomic E-state index is 12.7. The Bertz CT molecular complexity index is 1200. The van der Waals surface area contributed by atoms with E-state index in [1.807, 2.05) is 85.4 Å². The van der Waals surface area contributed by atoms with Crippen molar-refractivity contribution in [3.05, 3.63) is 88.6 Å². The van der Waals surface area contributed by atoms with Crippen LogP contribution in [0.2, 0.25) is 0 Å². The number of carbonyl (C=O) groups is 3. The van der Waals surface area contributed by atoms with E-state index in [9.17, 15) is 14.4 Å². The first kappa shape index (κ1) is 20.7. The molecule has 1 aliphatic heterocycles. The van der Waals surface area contributed by atoms with Crippen molar-refractivity contribution in [1.29, 1.82) is 0 Å². The number of aromatic nitrogens is 1. The first-order valence-electron chi connectivity index (χ1n) is 9.76. The molecule has 0 saturated carbocycles. The highest BCUT2D eigenvalue weighted by atomic mass is 32.2. The summed E-state index contributed by atoms with van der Waals surface area (Å²) in [6.45, 7) is 3.55. The molecule has 1 N–H and O–H groups in total. The maximum atomic E-state index is 12.7. The van der Waals surface area contributed by atoms with Crippen LogP contribution in [0, 0.1) is 13.8 Å². The molecule has 0 bridgehead atoms. The highest BCUT2D eigenvalue weighted by Crippen LogP contribution is 2.32. The Morgan fingerprint density at radius 1 is 1.06 bits per heavy atom. The fourth-order valence-corrected chi connectivity index (χ4v) is 4.17. The number of nitrogens with one attached hydrogen (secondary N) is 1. The normalized spacial score (nSPS) is 15.0. The zero-order valence-corrected chi connectivity index (χ0v) is 18.0. The molecule has 7 heteroatoms. The van der Waals surface area contributed by atoms with Crippen molar-refractivity contribution < 1.29 is 14.4 Å². The third-order valence-corrected chi connectivity index (χ3v) is 5.81. The molecule has 1 fully saturated rings. The summed E-state index contributed by atoms with van der Waals surface area (Å²) in [5, 5.41) is 2.32. The van der Waals surface area contributed by atoms with Crippen LogP contribution >= 0.6 is 11.8 Å². The van der Waals surface area contributed by atoms with Gasteiger partial charge in [-0.05, 0) is 67.1 Å². The molecular weight excluding hydrogens is 410 g/mol. The van der Waals surface area contributed by atoms with Gasteiger partial charge in [-0.25, -0.2) is 0 Å². The van der Waals surface area contributed by atoms with Gasteiger partial charge in [0.1, 0.15) is 6.54 Å². The van der Waals surface area contributed by atoms with E-state index in [0.29, 0.717) is 10.6 Å². The van der Waals surface area contributed by atoms with Crippen molar-refractivity contribution in [3.63, 3.8) is 0 Å². The van der Waals surface area contributed by atoms with E-state index >= 15 is 0 Å². The maximum Gasteiger partial charge on any atom is 0.294 e. The predicted molar refractivity (Wildman–Crippen MR) is 123 cm³/mol. The van der Waals surface area contributed by atoms with Crippen LogP contribution in [0.15, 0.2) is 71.9 Å². The Kier molecular flexibility index (Phi) is 5.77. The molecule has 3 amide bonds. The number of anilines is 1. The number of hydrogen-bond donors (Lipinski definition) is 1. The van der Waals surface area contributed by atoms with Gasteiger partial charge in [-0.15, -0.1) is 0 Å². The zero-order chi connectivity index (χ0) is 22.0. The lowest BCUT2D eigenvalue weighted by Gasteiger charge is -2.13. The van der Waals surface area contributed by atoms with Crippen molar-refractivity contribution in [2.45, 2.75) is 13.8 Å². The van der Waals surface area contributed by atoms with Crippen LogP contribution in [0.4, 0.5) is 10.5 Å². The summed E-state index contributed by atoms with van der Waals surface area (Å²) in [6.07, 6.45) is 5.45. The van der Waals surface area contributed by atoms with E-state index < -0.39 is 17.1 Å². The van der Waals surface area contributed by atoms with Crippen molar-refractivity contribution in [3.8, 4) is 5.69 Å². The Morgan fingerprint density at radius 2 is 1.84 bits per heavy atom.